The molecule has 1 saturated carbocycles. The van der Waals surface area contributed by atoms with Crippen LogP contribution in [0.5, 0.6) is 0 Å². The lowest BCUT2D eigenvalue weighted by molar-refractivity contribution is 0.103. The SMILES string of the molecule is Cc1ccc(N/C=C(\C#N)C(=O)c2cc(C)n(C3CCCC3)c2C)cc1. The number of hydrogen-bond donors (Lipinski definition) is 1. The summed E-state index contributed by atoms with van der Waals surface area (Å²) in [6.45, 7) is 6.05. The fourth-order valence-corrected chi connectivity index (χ4v) is 3.83. The summed E-state index contributed by atoms with van der Waals surface area (Å²) in [5, 5.41) is 12.5. The number of nitriles is 1. The first-order valence-electron chi connectivity index (χ1n) is 9.18. The molecular weight excluding hydrogens is 322 g/mol. The topological polar surface area (TPSA) is 57.8 Å². The molecule has 1 heterocycles. The van der Waals surface area contributed by atoms with Crippen LogP contribution < -0.4 is 5.32 Å². The van der Waals surface area contributed by atoms with Crippen molar-refractivity contribution in [1.29, 1.82) is 5.26 Å². The third kappa shape index (κ3) is 3.57. The summed E-state index contributed by atoms with van der Waals surface area (Å²) in [5.41, 5.74) is 4.84. The van der Waals surface area contributed by atoms with Crippen molar-refractivity contribution in [2.45, 2.75) is 52.5 Å². The minimum absolute atomic E-state index is 0.122. The van der Waals surface area contributed by atoms with Crippen LogP contribution in [0.3, 0.4) is 0 Å². The lowest BCUT2D eigenvalue weighted by Crippen LogP contribution is -2.10. The molecule has 0 amide bonds. The van der Waals surface area contributed by atoms with Crippen LogP contribution in [-0.4, -0.2) is 10.4 Å². The number of ketones is 1. The minimum atomic E-state index is -0.218. The first kappa shape index (κ1) is 18.0. The smallest absolute Gasteiger partial charge is 0.206 e. The van der Waals surface area contributed by atoms with Gasteiger partial charge in [0.1, 0.15) is 11.6 Å². The second-order valence-corrected chi connectivity index (χ2v) is 7.10. The molecule has 0 saturated heterocycles. The number of allylic oxidation sites excluding steroid dienone is 1. The number of Topliss-reactive ketones (excluding diaryl/α,β-unsaturated/α-hetero) is 1. The quantitative estimate of drug-likeness (QED) is 0.458. The van der Waals surface area contributed by atoms with E-state index in [4.69, 9.17) is 0 Å². The van der Waals surface area contributed by atoms with E-state index in [0.717, 1.165) is 22.6 Å². The van der Waals surface area contributed by atoms with Gasteiger partial charge in [0.25, 0.3) is 0 Å². The molecule has 2 aromatic rings. The lowest BCUT2D eigenvalue weighted by atomic mass is 10.1. The number of benzene rings is 1. The standard InChI is InChI=1S/C22H25N3O/c1-15-8-10-19(11-9-15)24-14-18(13-23)22(26)21-12-16(2)25(17(21)3)20-6-4-5-7-20/h8-12,14,20,24H,4-7H2,1-3H3/b18-14+. The van der Waals surface area contributed by atoms with Gasteiger partial charge in [0.05, 0.1) is 0 Å². The molecule has 0 radical (unpaired) electrons. The molecule has 0 bridgehead atoms. The summed E-state index contributed by atoms with van der Waals surface area (Å²) < 4.78 is 2.28. The second-order valence-electron chi connectivity index (χ2n) is 7.10. The molecule has 1 aromatic heterocycles. The Bertz CT molecular complexity index is 875. The molecule has 0 spiro atoms. The van der Waals surface area contributed by atoms with Gasteiger partial charge in [-0.2, -0.15) is 5.26 Å². The van der Waals surface area contributed by atoms with Crippen molar-refractivity contribution in [2.75, 3.05) is 5.32 Å². The minimum Gasteiger partial charge on any atom is -0.360 e. The largest absolute Gasteiger partial charge is 0.360 e. The van der Waals surface area contributed by atoms with E-state index in [2.05, 4.69) is 9.88 Å². The fraction of sp³-hybridized carbons (Fsp3) is 0.364. The summed E-state index contributed by atoms with van der Waals surface area (Å²) >= 11 is 0. The fourth-order valence-electron chi connectivity index (χ4n) is 3.83. The van der Waals surface area contributed by atoms with E-state index < -0.39 is 0 Å². The predicted octanol–water partition coefficient (Wildman–Crippen LogP) is 5.23. The summed E-state index contributed by atoms with van der Waals surface area (Å²) in [7, 11) is 0. The maximum Gasteiger partial charge on any atom is 0.206 e. The van der Waals surface area contributed by atoms with Gasteiger partial charge in [-0.05, 0) is 51.8 Å². The number of anilines is 1. The van der Waals surface area contributed by atoms with Crippen LogP contribution in [0.2, 0.25) is 0 Å². The molecule has 1 aliphatic rings. The number of nitrogens with one attached hydrogen (secondary N) is 1. The second kappa shape index (κ2) is 7.61. The normalized spacial score (nSPS) is 15.1. The Kier molecular flexibility index (Phi) is 5.27. The Morgan fingerprint density at radius 1 is 1.19 bits per heavy atom. The number of carbonyl (C=O) groups excluding carboxylic acids is 1. The molecule has 0 aliphatic heterocycles. The van der Waals surface area contributed by atoms with Crippen molar-refractivity contribution in [3.63, 3.8) is 0 Å². The highest BCUT2D eigenvalue weighted by Crippen LogP contribution is 2.33. The van der Waals surface area contributed by atoms with Crippen LogP contribution in [0.15, 0.2) is 42.1 Å². The van der Waals surface area contributed by atoms with Crippen molar-refractivity contribution < 1.29 is 4.79 Å². The van der Waals surface area contributed by atoms with E-state index in [0.29, 0.717) is 11.6 Å². The zero-order valence-electron chi connectivity index (χ0n) is 15.7. The highest BCUT2D eigenvalue weighted by molar-refractivity contribution is 6.12. The van der Waals surface area contributed by atoms with E-state index in [1.807, 2.05) is 57.2 Å². The van der Waals surface area contributed by atoms with Crippen molar-refractivity contribution in [3.05, 3.63) is 64.6 Å². The molecule has 1 fully saturated rings. The highest BCUT2D eigenvalue weighted by Gasteiger charge is 2.24. The molecule has 3 rings (SSSR count). The van der Waals surface area contributed by atoms with Crippen molar-refractivity contribution >= 4 is 11.5 Å². The number of rotatable bonds is 5. The summed E-state index contributed by atoms with van der Waals surface area (Å²) in [6.07, 6.45) is 6.33. The van der Waals surface area contributed by atoms with Crippen LogP contribution >= 0.6 is 0 Å². The number of hydrogen-bond acceptors (Lipinski definition) is 3. The van der Waals surface area contributed by atoms with Gasteiger partial charge in [-0.3, -0.25) is 4.79 Å². The van der Waals surface area contributed by atoms with Gasteiger partial charge in [-0.1, -0.05) is 30.5 Å². The Morgan fingerprint density at radius 2 is 1.85 bits per heavy atom. The average molecular weight is 347 g/mol. The molecular formula is C22H25N3O. The van der Waals surface area contributed by atoms with Gasteiger partial charge < -0.3 is 9.88 Å². The van der Waals surface area contributed by atoms with E-state index in [1.165, 1.54) is 31.9 Å². The van der Waals surface area contributed by atoms with Gasteiger partial charge in [-0.25, -0.2) is 0 Å². The molecule has 134 valence electrons. The van der Waals surface area contributed by atoms with Crippen LogP contribution in [0.1, 0.15) is 59.0 Å². The first-order valence-corrected chi connectivity index (χ1v) is 9.18. The Labute approximate surface area is 155 Å². The molecule has 1 aromatic carbocycles. The van der Waals surface area contributed by atoms with Crippen LogP contribution in [0.4, 0.5) is 5.69 Å². The van der Waals surface area contributed by atoms with Gasteiger partial charge in [0.15, 0.2) is 0 Å². The first-order chi connectivity index (χ1) is 12.5. The van der Waals surface area contributed by atoms with Crippen LogP contribution in [0.25, 0.3) is 0 Å². The van der Waals surface area contributed by atoms with E-state index in [-0.39, 0.29) is 11.4 Å². The number of aryl methyl sites for hydroxylation is 2. The summed E-state index contributed by atoms with van der Waals surface area (Å²) in [4.78, 5) is 12.9. The molecule has 26 heavy (non-hydrogen) atoms. The predicted molar refractivity (Wildman–Crippen MR) is 104 cm³/mol. The molecule has 4 nitrogen and oxygen atoms in total. The zero-order chi connectivity index (χ0) is 18.7. The number of aromatic nitrogens is 1. The number of nitrogens with zero attached hydrogens (tertiary/aromatic N) is 2. The molecule has 0 unspecified atom stereocenters. The third-order valence-electron chi connectivity index (χ3n) is 5.22. The van der Waals surface area contributed by atoms with Crippen molar-refractivity contribution in [1.82, 2.24) is 4.57 Å². The highest BCUT2D eigenvalue weighted by atomic mass is 16.1. The Balaban J connectivity index is 1.84. The summed E-state index contributed by atoms with van der Waals surface area (Å²) in [5.74, 6) is -0.218. The number of carbonyl (C=O) groups is 1. The molecule has 1 aliphatic carbocycles. The third-order valence-corrected chi connectivity index (χ3v) is 5.22. The van der Waals surface area contributed by atoms with Crippen LogP contribution in [0, 0.1) is 32.1 Å². The Morgan fingerprint density at radius 3 is 2.46 bits per heavy atom. The molecule has 0 atom stereocenters. The van der Waals surface area contributed by atoms with Gasteiger partial charge in [-0.15, -0.1) is 0 Å². The van der Waals surface area contributed by atoms with Crippen LogP contribution in [-0.2, 0) is 0 Å². The van der Waals surface area contributed by atoms with Gasteiger partial charge >= 0.3 is 0 Å². The van der Waals surface area contributed by atoms with Crippen molar-refractivity contribution in [2.24, 2.45) is 0 Å². The van der Waals surface area contributed by atoms with Gasteiger partial charge in [0.2, 0.25) is 5.78 Å². The Hall–Kier alpha value is -2.80. The molecule has 4 heteroatoms. The zero-order valence-corrected chi connectivity index (χ0v) is 15.7. The van der Waals surface area contributed by atoms with E-state index in [9.17, 15) is 10.1 Å². The van der Waals surface area contributed by atoms with Crippen molar-refractivity contribution in [3.8, 4) is 6.07 Å². The van der Waals surface area contributed by atoms with Gasteiger partial charge in [0, 0.05) is 34.9 Å². The monoisotopic (exact) mass is 347 g/mol. The maximum absolute atomic E-state index is 12.9. The van der Waals surface area contributed by atoms with E-state index in [1.54, 1.807) is 0 Å². The molecule has 1 N–H and O–H groups in total. The summed E-state index contributed by atoms with van der Waals surface area (Å²) in [6, 6.07) is 12.3. The lowest BCUT2D eigenvalue weighted by Gasteiger charge is -2.17. The average Bonchev–Trinajstić information content (AvgIpc) is 3.24. The van der Waals surface area contributed by atoms with E-state index >= 15 is 0 Å². The maximum atomic E-state index is 12.9.